The van der Waals surface area contributed by atoms with Crippen LogP contribution in [0.15, 0.2) is 78.9 Å². The first kappa shape index (κ1) is 22.0. The average molecular weight is 456 g/mol. The lowest BCUT2D eigenvalue weighted by Gasteiger charge is -2.26. The van der Waals surface area contributed by atoms with Crippen LogP contribution in [0.4, 0.5) is 0 Å². The molecule has 174 valence electrons. The maximum Gasteiger partial charge on any atom is 0.243 e. The number of carbonyl (C=O) groups excluding carboxylic acids is 1. The zero-order valence-electron chi connectivity index (χ0n) is 19.4. The van der Waals surface area contributed by atoms with Gasteiger partial charge in [-0.2, -0.15) is 0 Å². The van der Waals surface area contributed by atoms with Crippen molar-refractivity contribution in [3.05, 3.63) is 90.3 Å². The first-order valence-electron chi connectivity index (χ1n) is 11.9. The van der Waals surface area contributed by atoms with Crippen LogP contribution in [0, 0.1) is 0 Å². The van der Waals surface area contributed by atoms with Crippen molar-refractivity contribution < 1.29 is 14.3 Å². The standard InChI is InChI=1S/C28H29N3O3/c1-2-33-23-16-14-21(15-17-23)25-13-8-18-30(25)28(32)19-31-26-12-7-6-11-24(26)29-27(31)20-34-22-9-4-3-5-10-22/h3-7,9-12,14-17,25H,2,8,13,18-20H2,1H3. The number of rotatable bonds is 8. The van der Waals surface area contributed by atoms with Crippen LogP contribution in [-0.4, -0.2) is 33.5 Å². The van der Waals surface area contributed by atoms with Gasteiger partial charge in [0.15, 0.2) is 0 Å². The molecule has 0 saturated carbocycles. The number of imidazole rings is 1. The summed E-state index contributed by atoms with van der Waals surface area (Å²) in [6.45, 7) is 3.92. The van der Waals surface area contributed by atoms with Crippen molar-refractivity contribution in [1.29, 1.82) is 0 Å². The van der Waals surface area contributed by atoms with E-state index >= 15 is 0 Å². The monoisotopic (exact) mass is 455 g/mol. The van der Waals surface area contributed by atoms with Crippen LogP contribution in [0.1, 0.15) is 37.2 Å². The summed E-state index contributed by atoms with van der Waals surface area (Å²) >= 11 is 0. The molecule has 1 unspecified atom stereocenters. The number of aromatic nitrogens is 2. The SMILES string of the molecule is CCOc1ccc(C2CCCN2C(=O)Cn2c(COc3ccccc3)nc3ccccc32)cc1. The Bertz CT molecular complexity index is 1250. The van der Waals surface area contributed by atoms with Gasteiger partial charge in [-0.05, 0) is 61.7 Å². The number of nitrogens with zero attached hydrogens (tertiary/aromatic N) is 3. The minimum Gasteiger partial charge on any atom is -0.494 e. The molecule has 0 aliphatic carbocycles. The number of benzene rings is 3. The van der Waals surface area contributed by atoms with E-state index in [-0.39, 0.29) is 18.5 Å². The minimum absolute atomic E-state index is 0.0852. The summed E-state index contributed by atoms with van der Waals surface area (Å²) in [4.78, 5) is 20.3. The molecule has 3 aromatic carbocycles. The summed E-state index contributed by atoms with van der Waals surface area (Å²) in [6, 6.07) is 25.8. The molecule has 1 aliphatic heterocycles. The van der Waals surface area contributed by atoms with Gasteiger partial charge in [0.1, 0.15) is 30.5 Å². The molecule has 0 N–H and O–H groups in total. The Morgan fingerprint density at radius 3 is 2.47 bits per heavy atom. The van der Waals surface area contributed by atoms with Crippen LogP contribution < -0.4 is 9.47 Å². The summed E-state index contributed by atoms with van der Waals surface area (Å²) in [5, 5.41) is 0. The van der Waals surface area contributed by atoms with Crippen molar-refractivity contribution in [2.75, 3.05) is 13.2 Å². The van der Waals surface area contributed by atoms with Gasteiger partial charge in [-0.1, -0.05) is 42.5 Å². The van der Waals surface area contributed by atoms with Crippen molar-refractivity contribution in [1.82, 2.24) is 14.5 Å². The number of fused-ring (bicyclic) bond motifs is 1. The summed E-state index contributed by atoms with van der Waals surface area (Å²) in [5.74, 6) is 2.48. The lowest BCUT2D eigenvalue weighted by molar-refractivity contribution is -0.132. The molecule has 4 aromatic rings. The zero-order chi connectivity index (χ0) is 23.3. The third-order valence-corrected chi connectivity index (χ3v) is 6.29. The fraction of sp³-hybridized carbons (Fsp3) is 0.286. The molecule has 6 nitrogen and oxygen atoms in total. The summed E-state index contributed by atoms with van der Waals surface area (Å²) < 4.78 is 13.5. The van der Waals surface area contributed by atoms with Gasteiger partial charge in [0.25, 0.3) is 0 Å². The Morgan fingerprint density at radius 1 is 0.941 bits per heavy atom. The maximum absolute atomic E-state index is 13.5. The number of hydrogen-bond donors (Lipinski definition) is 0. The van der Waals surface area contributed by atoms with E-state index in [0.717, 1.165) is 53.3 Å². The van der Waals surface area contributed by atoms with E-state index in [1.54, 1.807) is 0 Å². The molecule has 5 rings (SSSR count). The molecule has 0 bridgehead atoms. The Morgan fingerprint density at radius 2 is 1.68 bits per heavy atom. The number of hydrogen-bond acceptors (Lipinski definition) is 4. The molecule has 1 fully saturated rings. The van der Waals surface area contributed by atoms with Gasteiger partial charge in [-0.15, -0.1) is 0 Å². The van der Waals surface area contributed by atoms with E-state index in [2.05, 4.69) is 12.1 Å². The predicted molar refractivity (Wildman–Crippen MR) is 132 cm³/mol. The lowest BCUT2D eigenvalue weighted by atomic mass is 10.0. The summed E-state index contributed by atoms with van der Waals surface area (Å²) in [7, 11) is 0. The fourth-order valence-corrected chi connectivity index (χ4v) is 4.67. The third-order valence-electron chi connectivity index (χ3n) is 6.29. The van der Waals surface area contributed by atoms with Crippen LogP contribution in [0.5, 0.6) is 11.5 Å². The smallest absolute Gasteiger partial charge is 0.243 e. The molecule has 1 atom stereocenters. The number of ether oxygens (including phenoxy) is 2. The fourth-order valence-electron chi connectivity index (χ4n) is 4.67. The van der Waals surface area contributed by atoms with Gasteiger partial charge in [-0.25, -0.2) is 4.98 Å². The number of para-hydroxylation sites is 3. The number of likely N-dealkylation sites (tertiary alicyclic amines) is 1. The second-order valence-corrected chi connectivity index (χ2v) is 8.45. The molecule has 34 heavy (non-hydrogen) atoms. The highest BCUT2D eigenvalue weighted by molar-refractivity contribution is 5.81. The minimum atomic E-state index is 0.0852. The molecular weight excluding hydrogens is 426 g/mol. The second-order valence-electron chi connectivity index (χ2n) is 8.45. The zero-order valence-corrected chi connectivity index (χ0v) is 19.4. The van der Waals surface area contributed by atoms with Crippen molar-refractivity contribution >= 4 is 16.9 Å². The van der Waals surface area contributed by atoms with Crippen molar-refractivity contribution in [3.63, 3.8) is 0 Å². The van der Waals surface area contributed by atoms with E-state index in [1.165, 1.54) is 0 Å². The highest BCUT2D eigenvalue weighted by atomic mass is 16.5. The molecule has 0 spiro atoms. The molecule has 2 heterocycles. The normalized spacial score (nSPS) is 15.6. The molecule has 6 heteroatoms. The van der Waals surface area contributed by atoms with Crippen molar-refractivity contribution in [2.45, 2.75) is 39.0 Å². The van der Waals surface area contributed by atoms with Gasteiger partial charge in [0.2, 0.25) is 5.91 Å². The lowest BCUT2D eigenvalue weighted by Crippen LogP contribution is -2.33. The highest BCUT2D eigenvalue weighted by Crippen LogP contribution is 2.33. The van der Waals surface area contributed by atoms with Crippen LogP contribution in [-0.2, 0) is 17.9 Å². The Balaban J connectivity index is 1.37. The van der Waals surface area contributed by atoms with E-state index in [4.69, 9.17) is 14.5 Å². The van der Waals surface area contributed by atoms with E-state index in [9.17, 15) is 4.79 Å². The van der Waals surface area contributed by atoms with E-state index in [0.29, 0.717) is 13.2 Å². The van der Waals surface area contributed by atoms with Gasteiger partial charge < -0.3 is 18.9 Å². The Labute approximate surface area is 199 Å². The van der Waals surface area contributed by atoms with E-state index < -0.39 is 0 Å². The van der Waals surface area contributed by atoms with Crippen molar-refractivity contribution in [3.8, 4) is 11.5 Å². The molecule has 1 saturated heterocycles. The van der Waals surface area contributed by atoms with E-state index in [1.807, 2.05) is 83.1 Å². The topological polar surface area (TPSA) is 56.6 Å². The molecule has 1 aromatic heterocycles. The first-order chi connectivity index (χ1) is 16.7. The predicted octanol–water partition coefficient (Wildman–Crippen LogP) is 5.38. The third kappa shape index (κ3) is 4.62. The van der Waals surface area contributed by atoms with Crippen LogP contribution >= 0.6 is 0 Å². The average Bonchev–Trinajstić information content (AvgIpc) is 3.50. The van der Waals surface area contributed by atoms with Gasteiger partial charge in [-0.3, -0.25) is 4.79 Å². The molecule has 0 radical (unpaired) electrons. The summed E-state index contributed by atoms with van der Waals surface area (Å²) in [5.41, 5.74) is 2.96. The van der Waals surface area contributed by atoms with Gasteiger partial charge in [0, 0.05) is 6.54 Å². The Kier molecular flexibility index (Phi) is 6.47. The molecule has 1 aliphatic rings. The van der Waals surface area contributed by atoms with Gasteiger partial charge in [0.05, 0.1) is 23.7 Å². The number of carbonyl (C=O) groups is 1. The van der Waals surface area contributed by atoms with Crippen LogP contribution in [0.25, 0.3) is 11.0 Å². The highest BCUT2D eigenvalue weighted by Gasteiger charge is 2.30. The number of amides is 1. The Hall–Kier alpha value is -3.80. The quantitative estimate of drug-likeness (QED) is 0.358. The summed E-state index contributed by atoms with van der Waals surface area (Å²) in [6.07, 6.45) is 1.96. The molecule has 1 amide bonds. The first-order valence-corrected chi connectivity index (χ1v) is 11.9. The van der Waals surface area contributed by atoms with Crippen LogP contribution in [0.2, 0.25) is 0 Å². The van der Waals surface area contributed by atoms with Crippen molar-refractivity contribution in [2.24, 2.45) is 0 Å². The second kappa shape index (κ2) is 10.00. The molecular formula is C28H29N3O3. The largest absolute Gasteiger partial charge is 0.494 e. The van der Waals surface area contributed by atoms with Gasteiger partial charge >= 0.3 is 0 Å². The van der Waals surface area contributed by atoms with Crippen LogP contribution in [0.3, 0.4) is 0 Å². The maximum atomic E-state index is 13.5.